The Morgan fingerprint density at radius 1 is 1.33 bits per heavy atom. The maximum atomic E-state index is 5.59. The van der Waals surface area contributed by atoms with Crippen LogP contribution in [-0.2, 0) is 11.2 Å². The number of nitrogens with zero attached hydrogens (tertiary/aromatic N) is 2. The minimum absolute atomic E-state index is 0.308. The van der Waals surface area contributed by atoms with E-state index in [1.165, 1.54) is 29.3 Å². The Kier molecular flexibility index (Phi) is 3.91. The molecule has 1 saturated carbocycles. The first-order valence-corrected chi connectivity index (χ1v) is 7.82. The first-order chi connectivity index (χ1) is 8.83. The molecule has 1 saturated heterocycles. The highest BCUT2D eigenvalue weighted by atomic mass is 32.1. The molecule has 1 aromatic rings. The molecular weight excluding hydrogens is 246 g/mol. The van der Waals surface area contributed by atoms with Crippen molar-refractivity contribution in [3.8, 4) is 0 Å². The lowest BCUT2D eigenvalue weighted by Crippen LogP contribution is -2.17. The third kappa shape index (κ3) is 3.08. The smallest absolute Gasteiger partial charge is 0.123 e. The van der Waals surface area contributed by atoms with Gasteiger partial charge in [0.2, 0.25) is 0 Å². The highest BCUT2D eigenvalue weighted by Crippen LogP contribution is 2.32. The van der Waals surface area contributed by atoms with E-state index in [2.05, 4.69) is 22.4 Å². The summed E-state index contributed by atoms with van der Waals surface area (Å²) >= 11 is 1.78. The van der Waals surface area contributed by atoms with Crippen LogP contribution in [0.1, 0.15) is 48.5 Å². The average molecular weight is 267 g/mol. The van der Waals surface area contributed by atoms with Gasteiger partial charge < -0.3 is 10.1 Å². The molecular formula is C13H21N3OS. The van der Waals surface area contributed by atoms with Gasteiger partial charge in [0.25, 0.3) is 0 Å². The summed E-state index contributed by atoms with van der Waals surface area (Å²) in [6.07, 6.45) is 6.35. The second kappa shape index (κ2) is 5.63. The van der Waals surface area contributed by atoms with E-state index in [0.717, 1.165) is 32.0 Å². The summed E-state index contributed by atoms with van der Waals surface area (Å²) in [6.45, 7) is 4.12. The normalized spacial score (nSPS) is 27.8. The zero-order chi connectivity index (χ0) is 12.4. The number of hydrogen-bond donors (Lipinski definition) is 1. The molecule has 1 aromatic heterocycles. The van der Waals surface area contributed by atoms with Gasteiger partial charge in [-0.25, -0.2) is 0 Å². The van der Waals surface area contributed by atoms with Crippen LogP contribution in [0.4, 0.5) is 0 Å². The predicted octanol–water partition coefficient (Wildman–Crippen LogP) is 2.12. The molecule has 2 heterocycles. The first-order valence-electron chi connectivity index (χ1n) is 7.00. The minimum atomic E-state index is 0.308. The van der Waals surface area contributed by atoms with Gasteiger partial charge in [-0.05, 0) is 39.2 Å². The fraction of sp³-hybridized carbons (Fsp3) is 0.846. The van der Waals surface area contributed by atoms with Crippen molar-refractivity contribution < 1.29 is 4.74 Å². The lowest BCUT2D eigenvalue weighted by molar-refractivity contribution is 0.118. The van der Waals surface area contributed by atoms with Crippen molar-refractivity contribution in [2.75, 3.05) is 13.2 Å². The van der Waals surface area contributed by atoms with Crippen LogP contribution >= 0.6 is 11.3 Å². The third-order valence-electron chi connectivity index (χ3n) is 3.75. The molecule has 1 aliphatic carbocycles. The van der Waals surface area contributed by atoms with Crippen LogP contribution in [0.5, 0.6) is 0 Å². The van der Waals surface area contributed by atoms with Gasteiger partial charge in [-0.2, -0.15) is 0 Å². The van der Waals surface area contributed by atoms with Crippen LogP contribution in [0, 0.1) is 0 Å². The standard InChI is InChI=1S/C13H21N3OS/c1-9-11(6-8-17-9)13-16-15-12(18-13)3-2-7-14-10-4-5-10/h9-11,14H,2-8H2,1H3. The number of hydrogen-bond acceptors (Lipinski definition) is 5. The lowest BCUT2D eigenvalue weighted by atomic mass is 10.0. The third-order valence-corrected chi connectivity index (χ3v) is 4.87. The molecule has 2 unspecified atom stereocenters. The maximum absolute atomic E-state index is 5.59. The fourth-order valence-corrected chi connectivity index (χ4v) is 3.52. The molecule has 5 heteroatoms. The lowest BCUT2D eigenvalue weighted by Gasteiger charge is -2.08. The van der Waals surface area contributed by atoms with E-state index in [1.54, 1.807) is 11.3 Å². The van der Waals surface area contributed by atoms with Gasteiger partial charge in [-0.1, -0.05) is 0 Å². The number of aromatic nitrogens is 2. The summed E-state index contributed by atoms with van der Waals surface area (Å²) in [5.74, 6) is 0.473. The van der Waals surface area contributed by atoms with Gasteiger partial charge in [0.05, 0.1) is 6.10 Å². The van der Waals surface area contributed by atoms with Crippen LogP contribution in [0.15, 0.2) is 0 Å². The molecule has 0 bridgehead atoms. The van der Waals surface area contributed by atoms with Crippen molar-refractivity contribution >= 4 is 11.3 Å². The Morgan fingerprint density at radius 2 is 2.22 bits per heavy atom. The number of aryl methyl sites for hydroxylation is 1. The predicted molar refractivity (Wildman–Crippen MR) is 72.0 cm³/mol. The molecule has 0 aromatic carbocycles. The average Bonchev–Trinajstić information content (AvgIpc) is 2.90. The summed E-state index contributed by atoms with van der Waals surface area (Å²) in [5, 5.41) is 14.5. The van der Waals surface area contributed by atoms with Gasteiger partial charge >= 0.3 is 0 Å². The number of rotatable bonds is 6. The monoisotopic (exact) mass is 267 g/mol. The molecule has 100 valence electrons. The van der Waals surface area contributed by atoms with Crippen molar-refractivity contribution in [3.05, 3.63) is 10.0 Å². The van der Waals surface area contributed by atoms with Crippen molar-refractivity contribution in [1.82, 2.24) is 15.5 Å². The van der Waals surface area contributed by atoms with Gasteiger partial charge in [0.1, 0.15) is 10.0 Å². The van der Waals surface area contributed by atoms with E-state index in [9.17, 15) is 0 Å². The molecule has 0 spiro atoms. The summed E-state index contributed by atoms with van der Waals surface area (Å²) in [7, 11) is 0. The molecule has 2 fully saturated rings. The Labute approximate surface area is 112 Å². The highest BCUT2D eigenvalue weighted by molar-refractivity contribution is 7.11. The quantitative estimate of drug-likeness (QED) is 0.802. The van der Waals surface area contributed by atoms with E-state index >= 15 is 0 Å². The molecule has 3 rings (SSSR count). The SMILES string of the molecule is CC1OCCC1c1nnc(CCCNC2CC2)s1. The summed E-state index contributed by atoms with van der Waals surface area (Å²) < 4.78 is 5.59. The van der Waals surface area contributed by atoms with Gasteiger partial charge in [0.15, 0.2) is 0 Å². The van der Waals surface area contributed by atoms with Crippen LogP contribution in [-0.4, -0.2) is 35.5 Å². The van der Waals surface area contributed by atoms with Crippen LogP contribution in [0.3, 0.4) is 0 Å². The summed E-state index contributed by atoms with van der Waals surface area (Å²) in [5.41, 5.74) is 0. The summed E-state index contributed by atoms with van der Waals surface area (Å²) in [6, 6.07) is 0.812. The zero-order valence-corrected chi connectivity index (χ0v) is 11.7. The van der Waals surface area contributed by atoms with Crippen molar-refractivity contribution in [2.24, 2.45) is 0 Å². The van der Waals surface area contributed by atoms with Crippen molar-refractivity contribution in [3.63, 3.8) is 0 Å². The minimum Gasteiger partial charge on any atom is -0.378 e. The van der Waals surface area contributed by atoms with Gasteiger partial charge in [-0.15, -0.1) is 21.5 Å². The molecule has 18 heavy (non-hydrogen) atoms. The Balaban J connectivity index is 1.46. The van der Waals surface area contributed by atoms with Crippen molar-refractivity contribution in [1.29, 1.82) is 0 Å². The van der Waals surface area contributed by atoms with E-state index in [0.29, 0.717) is 12.0 Å². The molecule has 1 N–H and O–H groups in total. The highest BCUT2D eigenvalue weighted by Gasteiger charge is 2.28. The molecule has 0 amide bonds. The molecule has 0 radical (unpaired) electrons. The number of ether oxygens (including phenoxy) is 1. The number of nitrogens with one attached hydrogen (secondary N) is 1. The zero-order valence-electron chi connectivity index (χ0n) is 10.9. The van der Waals surface area contributed by atoms with Crippen LogP contribution < -0.4 is 5.32 Å². The Bertz CT molecular complexity index is 391. The van der Waals surface area contributed by atoms with E-state index in [1.807, 2.05) is 0 Å². The van der Waals surface area contributed by atoms with Gasteiger partial charge in [-0.3, -0.25) is 0 Å². The Morgan fingerprint density at radius 3 is 2.94 bits per heavy atom. The molecule has 2 atom stereocenters. The Hall–Kier alpha value is -0.520. The second-order valence-electron chi connectivity index (χ2n) is 5.34. The maximum Gasteiger partial charge on any atom is 0.123 e. The topological polar surface area (TPSA) is 47.0 Å². The molecule has 4 nitrogen and oxygen atoms in total. The van der Waals surface area contributed by atoms with E-state index in [-0.39, 0.29) is 0 Å². The second-order valence-corrected chi connectivity index (χ2v) is 6.43. The van der Waals surface area contributed by atoms with E-state index in [4.69, 9.17) is 4.74 Å². The van der Waals surface area contributed by atoms with Crippen LogP contribution in [0.2, 0.25) is 0 Å². The fourth-order valence-electron chi connectivity index (χ4n) is 2.41. The van der Waals surface area contributed by atoms with Crippen molar-refractivity contribution in [2.45, 2.75) is 57.1 Å². The molecule has 2 aliphatic rings. The first kappa shape index (κ1) is 12.5. The summed E-state index contributed by atoms with van der Waals surface area (Å²) in [4.78, 5) is 0. The van der Waals surface area contributed by atoms with Gasteiger partial charge in [0, 0.05) is 25.0 Å². The van der Waals surface area contributed by atoms with E-state index < -0.39 is 0 Å². The largest absolute Gasteiger partial charge is 0.378 e. The molecule has 1 aliphatic heterocycles. The van der Waals surface area contributed by atoms with Crippen LogP contribution in [0.25, 0.3) is 0 Å².